The van der Waals surface area contributed by atoms with Gasteiger partial charge in [0.1, 0.15) is 5.54 Å². The quantitative estimate of drug-likeness (QED) is 0.306. The van der Waals surface area contributed by atoms with E-state index in [4.69, 9.17) is 4.98 Å². The van der Waals surface area contributed by atoms with Crippen molar-refractivity contribution in [3.8, 4) is 17.3 Å². The molecule has 0 radical (unpaired) electrons. The standard InChI is InChI=1S/C30H32N8O2/c31-15-12-26(20-6-1-2-7-20)38-19-21(18-34-38)24-13-16-32-29(35-24)36-25-11-5-10-23(28(39)40)27(25)30(14-17-33-37-30)22-8-3-4-9-22/h5,10-11,13-14,16-20,22,26H,1-4,6-9,12H2,(H,39,40)(H,32,35,36). The molecule has 1 aromatic carbocycles. The van der Waals surface area contributed by atoms with Crippen molar-refractivity contribution in [1.29, 1.82) is 5.26 Å². The molecule has 3 aliphatic rings. The van der Waals surface area contributed by atoms with E-state index in [1.54, 1.807) is 30.7 Å². The van der Waals surface area contributed by atoms with Crippen molar-refractivity contribution in [1.82, 2.24) is 19.7 Å². The summed E-state index contributed by atoms with van der Waals surface area (Å²) < 4.78 is 1.92. The van der Waals surface area contributed by atoms with Gasteiger partial charge in [0.15, 0.2) is 0 Å². The summed E-state index contributed by atoms with van der Waals surface area (Å²) in [5.41, 5.74) is 2.05. The molecule has 2 saturated carbocycles. The van der Waals surface area contributed by atoms with Gasteiger partial charge in [-0.3, -0.25) is 4.68 Å². The van der Waals surface area contributed by atoms with Crippen LogP contribution in [0, 0.1) is 23.2 Å². The molecule has 2 N–H and O–H groups in total. The van der Waals surface area contributed by atoms with E-state index in [-0.39, 0.29) is 17.5 Å². The van der Waals surface area contributed by atoms with Gasteiger partial charge in [0, 0.05) is 35.4 Å². The summed E-state index contributed by atoms with van der Waals surface area (Å²) in [6.45, 7) is 0. The van der Waals surface area contributed by atoms with Crippen LogP contribution in [0.4, 0.5) is 11.6 Å². The zero-order valence-electron chi connectivity index (χ0n) is 22.3. The molecule has 204 valence electrons. The molecule has 0 spiro atoms. The Kier molecular flexibility index (Phi) is 7.11. The number of azo groups is 1. The smallest absolute Gasteiger partial charge is 0.336 e. The fourth-order valence-corrected chi connectivity index (χ4v) is 6.76. The highest BCUT2D eigenvalue weighted by Gasteiger charge is 2.45. The Morgan fingerprint density at radius 1 is 1.18 bits per heavy atom. The Morgan fingerprint density at radius 2 is 1.98 bits per heavy atom. The highest BCUT2D eigenvalue weighted by molar-refractivity contribution is 5.92. The van der Waals surface area contributed by atoms with Crippen molar-refractivity contribution in [3.05, 3.63) is 66.3 Å². The summed E-state index contributed by atoms with van der Waals surface area (Å²) in [6.07, 6.45) is 18.2. The van der Waals surface area contributed by atoms with Crippen LogP contribution in [0.2, 0.25) is 0 Å². The van der Waals surface area contributed by atoms with Gasteiger partial charge in [-0.15, -0.1) is 0 Å². The number of anilines is 2. The average molecular weight is 537 g/mol. The Hall–Kier alpha value is -4.39. The summed E-state index contributed by atoms with van der Waals surface area (Å²) in [5.74, 6) is -0.0408. The molecule has 2 aliphatic carbocycles. The van der Waals surface area contributed by atoms with Gasteiger partial charge in [-0.25, -0.2) is 14.8 Å². The number of carbonyl (C=O) groups is 1. The van der Waals surface area contributed by atoms with Crippen LogP contribution in [0.1, 0.15) is 79.8 Å². The molecule has 1 aliphatic heterocycles. The minimum atomic E-state index is -1.01. The Bertz CT molecular complexity index is 1480. The summed E-state index contributed by atoms with van der Waals surface area (Å²) in [4.78, 5) is 21.6. The summed E-state index contributed by atoms with van der Waals surface area (Å²) >= 11 is 0. The molecule has 2 atom stereocenters. The van der Waals surface area contributed by atoms with Gasteiger partial charge >= 0.3 is 5.97 Å². The number of nitrogens with zero attached hydrogens (tertiary/aromatic N) is 7. The number of hydrogen-bond donors (Lipinski definition) is 2. The maximum Gasteiger partial charge on any atom is 0.336 e. The second-order valence-electron chi connectivity index (χ2n) is 10.9. The van der Waals surface area contributed by atoms with E-state index < -0.39 is 11.5 Å². The molecule has 10 heteroatoms. The number of carboxylic acids is 1. The fourth-order valence-electron chi connectivity index (χ4n) is 6.76. The number of hydrogen-bond acceptors (Lipinski definition) is 8. The SMILES string of the molecule is N#CCC(C1CCCC1)n1cc(-c2ccnc(Nc3cccc(C(=O)O)c3C3(C4CCCC4)C=CN=N3)n2)cn1. The first-order valence-electron chi connectivity index (χ1n) is 14.1. The van der Waals surface area contributed by atoms with Crippen LogP contribution in [0.3, 0.4) is 0 Å². The minimum absolute atomic E-state index is 0.0578. The molecule has 2 fully saturated rings. The normalized spacial score (nSPS) is 21.6. The number of nitriles is 1. The van der Waals surface area contributed by atoms with Gasteiger partial charge in [-0.05, 0) is 61.8 Å². The molecule has 2 aromatic heterocycles. The zero-order chi connectivity index (χ0) is 27.5. The van der Waals surface area contributed by atoms with Crippen molar-refractivity contribution in [2.75, 3.05) is 5.32 Å². The summed E-state index contributed by atoms with van der Waals surface area (Å²) in [6, 6.07) is 9.41. The van der Waals surface area contributed by atoms with Crippen LogP contribution in [0.25, 0.3) is 11.3 Å². The number of aromatic nitrogens is 4. The molecule has 3 heterocycles. The topological polar surface area (TPSA) is 141 Å². The van der Waals surface area contributed by atoms with E-state index in [0.29, 0.717) is 35.2 Å². The molecule has 0 bridgehead atoms. The number of nitrogens with one attached hydrogen (secondary N) is 1. The second kappa shape index (κ2) is 11.0. The zero-order valence-corrected chi connectivity index (χ0v) is 22.3. The van der Waals surface area contributed by atoms with E-state index in [1.165, 1.54) is 12.8 Å². The van der Waals surface area contributed by atoms with Crippen molar-refractivity contribution >= 4 is 17.6 Å². The highest BCUT2D eigenvalue weighted by Crippen LogP contribution is 2.50. The fraction of sp³-hybridized carbons (Fsp3) is 0.433. The van der Waals surface area contributed by atoms with Crippen molar-refractivity contribution in [2.45, 2.75) is 69.4 Å². The lowest BCUT2D eigenvalue weighted by Gasteiger charge is -2.32. The lowest BCUT2D eigenvalue weighted by molar-refractivity contribution is 0.0693. The first-order valence-corrected chi connectivity index (χ1v) is 14.1. The van der Waals surface area contributed by atoms with Gasteiger partial charge in [0.2, 0.25) is 5.95 Å². The van der Waals surface area contributed by atoms with Crippen molar-refractivity contribution in [2.24, 2.45) is 22.1 Å². The van der Waals surface area contributed by atoms with Crippen molar-refractivity contribution < 1.29 is 9.90 Å². The maximum absolute atomic E-state index is 12.4. The molecular formula is C30H32N8O2. The summed E-state index contributed by atoms with van der Waals surface area (Å²) in [5, 5.41) is 36.3. The van der Waals surface area contributed by atoms with Crippen LogP contribution in [-0.2, 0) is 5.54 Å². The van der Waals surface area contributed by atoms with Gasteiger partial charge in [0.05, 0.1) is 36.0 Å². The largest absolute Gasteiger partial charge is 0.478 e. The van der Waals surface area contributed by atoms with Gasteiger partial charge in [-0.1, -0.05) is 31.7 Å². The number of rotatable bonds is 9. The van der Waals surface area contributed by atoms with Crippen molar-refractivity contribution in [3.63, 3.8) is 0 Å². The average Bonchev–Trinajstić information content (AvgIpc) is 3.79. The van der Waals surface area contributed by atoms with Crippen LogP contribution in [0.5, 0.6) is 0 Å². The first-order chi connectivity index (χ1) is 19.6. The molecular weight excluding hydrogens is 504 g/mol. The minimum Gasteiger partial charge on any atom is -0.478 e. The molecule has 0 saturated heterocycles. The highest BCUT2D eigenvalue weighted by atomic mass is 16.4. The second-order valence-corrected chi connectivity index (χ2v) is 10.9. The van der Waals surface area contributed by atoms with Crippen LogP contribution in [-0.4, -0.2) is 30.8 Å². The van der Waals surface area contributed by atoms with Gasteiger partial charge < -0.3 is 10.4 Å². The molecule has 3 aromatic rings. The van der Waals surface area contributed by atoms with Crippen LogP contribution in [0.15, 0.2) is 65.4 Å². The molecule has 10 nitrogen and oxygen atoms in total. The van der Waals surface area contributed by atoms with E-state index in [1.807, 2.05) is 29.1 Å². The Labute approximate surface area is 232 Å². The molecule has 0 amide bonds. The molecule has 2 unspecified atom stereocenters. The predicted molar refractivity (Wildman–Crippen MR) is 149 cm³/mol. The summed E-state index contributed by atoms with van der Waals surface area (Å²) in [7, 11) is 0. The van der Waals surface area contributed by atoms with E-state index >= 15 is 0 Å². The number of aromatic carboxylic acids is 1. The first kappa shape index (κ1) is 25.9. The Morgan fingerprint density at radius 3 is 2.70 bits per heavy atom. The van der Waals surface area contributed by atoms with Crippen LogP contribution < -0.4 is 5.32 Å². The van der Waals surface area contributed by atoms with E-state index in [9.17, 15) is 15.2 Å². The molecule has 40 heavy (non-hydrogen) atoms. The monoisotopic (exact) mass is 536 g/mol. The Balaban J connectivity index is 1.33. The third-order valence-corrected chi connectivity index (χ3v) is 8.67. The lowest BCUT2D eigenvalue weighted by Crippen LogP contribution is -2.31. The number of benzene rings is 1. The van der Waals surface area contributed by atoms with E-state index in [2.05, 4.69) is 31.7 Å². The predicted octanol–water partition coefficient (Wildman–Crippen LogP) is 6.79. The third kappa shape index (κ3) is 4.76. The maximum atomic E-state index is 12.4. The van der Waals surface area contributed by atoms with Gasteiger partial charge in [0.25, 0.3) is 0 Å². The lowest BCUT2D eigenvalue weighted by atomic mass is 9.75. The van der Waals surface area contributed by atoms with E-state index in [0.717, 1.165) is 44.1 Å². The third-order valence-electron chi connectivity index (χ3n) is 8.67. The molecule has 6 rings (SSSR count). The number of carboxylic acid groups (broad SMARTS) is 1. The van der Waals surface area contributed by atoms with Crippen LogP contribution >= 0.6 is 0 Å². The van der Waals surface area contributed by atoms with Gasteiger partial charge in [-0.2, -0.15) is 20.6 Å².